The van der Waals surface area contributed by atoms with E-state index < -0.39 is 6.10 Å². The van der Waals surface area contributed by atoms with Gasteiger partial charge in [-0.15, -0.1) is 0 Å². The van der Waals surface area contributed by atoms with Crippen LogP contribution in [0.3, 0.4) is 0 Å². The standard InChI is InChI=1S/C14H29NO3/c1-11-6-4-5-7-14(11)18-10-13(16)9-15-8-12(2)17-3/h11-16H,4-10H2,1-3H3. The molecule has 1 aliphatic rings. The van der Waals surface area contributed by atoms with E-state index >= 15 is 0 Å². The summed E-state index contributed by atoms with van der Waals surface area (Å²) in [5.74, 6) is 0.632. The van der Waals surface area contributed by atoms with Gasteiger partial charge in [-0.05, 0) is 25.7 Å². The first-order valence-electron chi connectivity index (χ1n) is 7.16. The van der Waals surface area contributed by atoms with Crippen LogP contribution in [0.1, 0.15) is 39.5 Å². The zero-order valence-electron chi connectivity index (χ0n) is 12.0. The summed E-state index contributed by atoms with van der Waals surface area (Å²) in [5.41, 5.74) is 0. The second kappa shape index (κ2) is 8.86. The van der Waals surface area contributed by atoms with Crippen LogP contribution >= 0.6 is 0 Å². The van der Waals surface area contributed by atoms with E-state index in [1.165, 1.54) is 19.3 Å². The monoisotopic (exact) mass is 259 g/mol. The average Bonchev–Trinajstić information content (AvgIpc) is 2.37. The third-order valence-corrected chi connectivity index (χ3v) is 3.75. The second-order valence-corrected chi connectivity index (χ2v) is 5.49. The van der Waals surface area contributed by atoms with Gasteiger partial charge in [0, 0.05) is 20.2 Å². The highest BCUT2D eigenvalue weighted by atomic mass is 16.5. The number of aliphatic hydroxyl groups excluding tert-OH is 1. The zero-order valence-corrected chi connectivity index (χ0v) is 12.0. The van der Waals surface area contributed by atoms with Crippen molar-refractivity contribution in [1.29, 1.82) is 0 Å². The maximum absolute atomic E-state index is 9.82. The van der Waals surface area contributed by atoms with Gasteiger partial charge in [0.25, 0.3) is 0 Å². The van der Waals surface area contributed by atoms with Crippen LogP contribution in [0.4, 0.5) is 0 Å². The van der Waals surface area contributed by atoms with Crippen LogP contribution in [0, 0.1) is 5.92 Å². The lowest BCUT2D eigenvalue weighted by molar-refractivity contribution is -0.0456. The Labute approximate surface area is 111 Å². The van der Waals surface area contributed by atoms with E-state index in [9.17, 15) is 5.11 Å². The maximum Gasteiger partial charge on any atom is 0.0897 e. The van der Waals surface area contributed by atoms with Crippen molar-refractivity contribution in [3.8, 4) is 0 Å². The van der Waals surface area contributed by atoms with Gasteiger partial charge >= 0.3 is 0 Å². The molecule has 108 valence electrons. The fraction of sp³-hybridized carbons (Fsp3) is 1.00. The number of ether oxygens (including phenoxy) is 2. The van der Waals surface area contributed by atoms with Crippen molar-refractivity contribution in [3.05, 3.63) is 0 Å². The van der Waals surface area contributed by atoms with Crippen molar-refractivity contribution in [2.75, 3.05) is 26.8 Å². The molecule has 1 aliphatic carbocycles. The predicted octanol–water partition coefficient (Wildman–Crippen LogP) is 1.57. The minimum absolute atomic E-state index is 0.177. The van der Waals surface area contributed by atoms with Gasteiger partial charge in [-0.2, -0.15) is 0 Å². The zero-order chi connectivity index (χ0) is 13.4. The molecule has 0 radical (unpaired) electrons. The number of methoxy groups -OCH3 is 1. The van der Waals surface area contributed by atoms with Crippen molar-refractivity contribution in [1.82, 2.24) is 5.32 Å². The molecule has 2 N–H and O–H groups in total. The third-order valence-electron chi connectivity index (χ3n) is 3.75. The van der Waals surface area contributed by atoms with Gasteiger partial charge in [-0.25, -0.2) is 0 Å². The lowest BCUT2D eigenvalue weighted by atomic mass is 9.88. The quantitative estimate of drug-likeness (QED) is 0.695. The average molecular weight is 259 g/mol. The van der Waals surface area contributed by atoms with Crippen LogP contribution in [-0.2, 0) is 9.47 Å². The molecule has 0 bridgehead atoms. The largest absolute Gasteiger partial charge is 0.389 e. The van der Waals surface area contributed by atoms with E-state index in [4.69, 9.17) is 9.47 Å². The summed E-state index contributed by atoms with van der Waals surface area (Å²) < 4.78 is 10.9. The first-order valence-corrected chi connectivity index (χ1v) is 7.16. The Hall–Kier alpha value is -0.160. The molecule has 0 aromatic rings. The fourth-order valence-corrected chi connectivity index (χ4v) is 2.36. The minimum atomic E-state index is -0.428. The van der Waals surface area contributed by atoms with Crippen LogP contribution in [0.15, 0.2) is 0 Å². The number of hydrogen-bond acceptors (Lipinski definition) is 4. The SMILES string of the molecule is COC(C)CNCC(O)COC1CCCCC1C. The smallest absolute Gasteiger partial charge is 0.0897 e. The van der Waals surface area contributed by atoms with Crippen LogP contribution in [0.5, 0.6) is 0 Å². The van der Waals surface area contributed by atoms with Gasteiger partial charge < -0.3 is 19.9 Å². The molecule has 0 saturated heterocycles. The predicted molar refractivity (Wildman–Crippen MR) is 72.7 cm³/mol. The summed E-state index contributed by atoms with van der Waals surface area (Å²) in [6, 6.07) is 0. The molecule has 18 heavy (non-hydrogen) atoms. The molecule has 4 nitrogen and oxygen atoms in total. The molecule has 0 aromatic carbocycles. The number of nitrogens with one attached hydrogen (secondary N) is 1. The number of hydrogen-bond donors (Lipinski definition) is 2. The second-order valence-electron chi connectivity index (χ2n) is 5.49. The highest BCUT2D eigenvalue weighted by Gasteiger charge is 2.22. The van der Waals surface area contributed by atoms with Gasteiger partial charge in [-0.1, -0.05) is 19.8 Å². The molecule has 0 heterocycles. The summed E-state index contributed by atoms with van der Waals surface area (Å²) in [5, 5.41) is 13.0. The molecule has 0 aromatic heterocycles. The highest BCUT2D eigenvalue weighted by molar-refractivity contribution is 4.73. The van der Waals surface area contributed by atoms with Gasteiger partial charge in [0.1, 0.15) is 0 Å². The Morgan fingerprint density at radius 1 is 1.28 bits per heavy atom. The summed E-state index contributed by atoms with van der Waals surface area (Å²) in [6.07, 6.45) is 5.06. The van der Waals surface area contributed by atoms with E-state index in [0.29, 0.717) is 25.2 Å². The molecular weight excluding hydrogens is 230 g/mol. The van der Waals surface area contributed by atoms with Crippen molar-refractivity contribution >= 4 is 0 Å². The lowest BCUT2D eigenvalue weighted by Crippen LogP contribution is -2.37. The lowest BCUT2D eigenvalue weighted by Gasteiger charge is -2.29. The summed E-state index contributed by atoms with van der Waals surface area (Å²) in [6.45, 7) is 6.00. The summed E-state index contributed by atoms with van der Waals surface area (Å²) in [4.78, 5) is 0. The van der Waals surface area contributed by atoms with Gasteiger partial charge in [0.15, 0.2) is 0 Å². The molecular formula is C14H29NO3. The maximum atomic E-state index is 9.82. The first-order chi connectivity index (χ1) is 8.63. The minimum Gasteiger partial charge on any atom is -0.389 e. The van der Waals surface area contributed by atoms with Crippen LogP contribution in [-0.4, -0.2) is 50.2 Å². The van der Waals surface area contributed by atoms with E-state index in [1.54, 1.807) is 7.11 Å². The Bertz CT molecular complexity index is 213. The van der Waals surface area contributed by atoms with Crippen LogP contribution in [0.25, 0.3) is 0 Å². The van der Waals surface area contributed by atoms with Crippen molar-refractivity contribution in [3.63, 3.8) is 0 Å². The van der Waals surface area contributed by atoms with E-state index in [0.717, 1.165) is 13.0 Å². The van der Waals surface area contributed by atoms with Gasteiger partial charge in [-0.3, -0.25) is 0 Å². The third kappa shape index (κ3) is 6.14. The van der Waals surface area contributed by atoms with Gasteiger partial charge in [0.2, 0.25) is 0 Å². The van der Waals surface area contributed by atoms with Crippen LogP contribution in [0.2, 0.25) is 0 Å². The molecule has 0 amide bonds. The molecule has 0 aliphatic heterocycles. The topological polar surface area (TPSA) is 50.7 Å². The van der Waals surface area contributed by atoms with Crippen LogP contribution < -0.4 is 5.32 Å². The molecule has 0 spiro atoms. The number of aliphatic hydroxyl groups is 1. The molecule has 1 fully saturated rings. The summed E-state index contributed by atoms with van der Waals surface area (Å²) in [7, 11) is 1.69. The first kappa shape index (κ1) is 15.9. The molecule has 4 atom stereocenters. The van der Waals surface area contributed by atoms with Crippen molar-refractivity contribution in [2.24, 2.45) is 5.92 Å². The highest BCUT2D eigenvalue weighted by Crippen LogP contribution is 2.26. The van der Waals surface area contributed by atoms with Gasteiger partial charge in [0.05, 0.1) is 24.9 Å². The van der Waals surface area contributed by atoms with E-state index in [-0.39, 0.29) is 6.10 Å². The molecule has 4 unspecified atom stereocenters. The Balaban J connectivity index is 2.07. The Kier molecular flexibility index (Phi) is 7.82. The molecule has 1 rings (SSSR count). The normalized spacial score (nSPS) is 28.0. The van der Waals surface area contributed by atoms with Crippen molar-refractivity contribution in [2.45, 2.75) is 57.8 Å². The number of rotatable bonds is 8. The Morgan fingerprint density at radius 3 is 2.67 bits per heavy atom. The van der Waals surface area contributed by atoms with E-state index in [2.05, 4.69) is 12.2 Å². The summed E-state index contributed by atoms with van der Waals surface area (Å²) >= 11 is 0. The Morgan fingerprint density at radius 2 is 2.00 bits per heavy atom. The van der Waals surface area contributed by atoms with Crippen molar-refractivity contribution < 1.29 is 14.6 Å². The van der Waals surface area contributed by atoms with E-state index in [1.807, 2.05) is 6.92 Å². The fourth-order valence-electron chi connectivity index (χ4n) is 2.36. The molecule has 4 heteroatoms. The molecule has 1 saturated carbocycles.